The average molecular weight is 328 g/mol. The zero-order valence-corrected chi connectivity index (χ0v) is 13.9. The van der Waals surface area contributed by atoms with Gasteiger partial charge in [-0.15, -0.1) is 0 Å². The summed E-state index contributed by atoms with van der Waals surface area (Å²) in [6.45, 7) is 4.89. The normalized spacial score (nSPS) is 18.5. The largest absolute Gasteiger partial charge is 0.357 e. The number of rotatable bonds is 6. The topological polar surface area (TPSA) is 91.6 Å². The number of hydrogen-bond donors (Lipinski definition) is 2. The Hall–Kier alpha value is -1.61. The van der Waals surface area contributed by atoms with Crippen molar-refractivity contribution in [1.29, 1.82) is 0 Å². The zero-order chi connectivity index (χ0) is 16.0. The number of aromatic nitrogens is 2. The van der Waals surface area contributed by atoms with Crippen LogP contribution >= 0.6 is 0 Å². The highest BCUT2D eigenvalue weighted by atomic mass is 32.2. The first-order valence-corrected chi connectivity index (χ1v) is 9.10. The van der Waals surface area contributed by atoms with E-state index >= 15 is 0 Å². The van der Waals surface area contributed by atoms with Crippen LogP contribution in [-0.4, -0.2) is 60.4 Å². The van der Waals surface area contributed by atoms with Crippen molar-refractivity contribution < 1.29 is 8.42 Å². The number of hydrogen-bond acceptors (Lipinski definition) is 4. The van der Waals surface area contributed by atoms with Crippen LogP contribution in [0.2, 0.25) is 0 Å². The summed E-state index contributed by atoms with van der Waals surface area (Å²) in [6.07, 6.45) is 2.46. The summed E-state index contributed by atoms with van der Waals surface area (Å²) in [5.74, 6) is 0.946. The second-order valence-electron chi connectivity index (χ2n) is 5.14. The van der Waals surface area contributed by atoms with Gasteiger partial charge in [-0.2, -0.15) is 5.10 Å². The standard InChI is InChI=1S/C13H24N6O2S/c1-3-14-13(16-11-12-5-6-17-18(12)2)15-7-9-19-8-4-10-22(19,20)21/h5-6H,3-4,7-11H2,1-2H3,(H2,14,15,16). The van der Waals surface area contributed by atoms with E-state index in [0.717, 1.165) is 18.7 Å². The van der Waals surface area contributed by atoms with Crippen LogP contribution in [-0.2, 0) is 23.6 Å². The minimum absolute atomic E-state index is 0.266. The fourth-order valence-corrected chi connectivity index (χ4v) is 3.83. The molecule has 1 aliphatic heterocycles. The van der Waals surface area contributed by atoms with Crippen molar-refractivity contribution in [2.75, 3.05) is 31.9 Å². The summed E-state index contributed by atoms with van der Waals surface area (Å²) in [5, 5.41) is 10.4. The van der Waals surface area contributed by atoms with Gasteiger partial charge in [-0.05, 0) is 19.4 Å². The van der Waals surface area contributed by atoms with Gasteiger partial charge in [0.1, 0.15) is 0 Å². The van der Waals surface area contributed by atoms with Crippen LogP contribution in [0.15, 0.2) is 17.3 Å². The van der Waals surface area contributed by atoms with E-state index in [2.05, 4.69) is 20.7 Å². The minimum atomic E-state index is -3.03. The lowest BCUT2D eigenvalue weighted by molar-refractivity contribution is 0.445. The molecule has 1 saturated heterocycles. The SMILES string of the molecule is CCNC(=NCc1ccnn1C)NCCN1CCCS1(=O)=O. The maximum absolute atomic E-state index is 11.7. The Bertz CT molecular complexity index is 610. The van der Waals surface area contributed by atoms with Crippen LogP contribution in [0.5, 0.6) is 0 Å². The predicted molar refractivity (Wildman–Crippen MR) is 86.0 cm³/mol. The summed E-state index contributed by atoms with van der Waals surface area (Å²) in [4.78, 5) is 4.48. The highest BCUT2D eigenvalue weighted by Crippen LogP contribution is 2.11. The van der Waals surface area contributed by atoms with Crippen molar-refractivity contribution in [3.63, 3.8) is 0 Å². The Kier molecular flexibility index (Phi) is 5.78. The van der Waals surface area contributed by atoms with Crippen LogP contribution in [0.25, 0.3) is 0 Å². The molecule has 1 aromatic rings. The molecule has 1 aliphatic rings. The number of sulfonamides is 1. The molecule has 1 aromatic heterocycles. The lowest BCUT2D eigenvalue weighted by Gasteiger charge is -2.16. The molecular weight excluding hydrogens is 304 g/mol. The van der Waals surface area contributed by atoms with Crippen molar-refractivity contribution in [1.82, 2.24) is 24.7 Å². The minimum Gasteiger partial charge on any atom is -0.357 e. The van der Waals surface area contributed by atoms with Gasteiger partial charge < -0.3 is 10.6 Å². The van der Waals surface area contributed by atoms with Crippen LogP contribution in [0.3, 0.4) is 0 Å². The highest BCUT2D eigenvalue weighted by molar-refractivity contribution is 7.89. The summed E-state index contributed by atoms with van der Waals surface area (Å²) >= 11 is 0. The number of aliphatic imine (C=N–C) groups is 1. The molecule has 0 atom stereocenters. The Morgan fingerprint density at radius 1 is 1.45 bits per heavy atom. The second-order valence-corrected chi connectivity index (χ2v) is 7.23. The van der Waals surface area contributed by atoms with E-state index in [0.29, 0.717) is 32.1 Å². The fraction of sp³-hybridized carbons (Fsp3) is 0.692. The molecule has 9 heteroatoms. The Morgan fingerprint density at radius 2 is 2.27 bits per heavy atom. The van der Waals surface area contributed by atoms with E-state index in [1.165, 1.54) is 4.31 Å². The molecule has 0 unspecified atom stereocenters. The van der Waals surface area contributed by atoms with Crippen LogP contribution in [0.4, 0.5) is 0 Å². The van der Waals surface area contributed by atoms with Crippen molar-refractivity contribution >= 4 is 16.0 Å². The molecule has 1 fully saturated rings. The smallest absolute Gasteiger partial charge is 0.214 e. The van der Waals surface area contributed by atoms with Crippen LogP contribution in [0, 0.1) is 0 Å². The third kappa shape index (κ3) is 4.44. The van der Waals surface area contributed by atoms with Crippen LogP contribution < -0.4 is 10.6 Å². The van der Waals surface area contributed by atoms with Gasteiger partial charge >= 0.3 is 0 Å². The zero-order valence-electron chi connectivity index (χ0n) is 13.1. The Morgan fingerprint density at radius 3 is 2.86 bits per heavy atom. The summed E-state index contributed by atoms with van der Waals surface area (Å²) in [6, 6.07) is 1.92. The number of aryl methyl sites for hydroxylation is 1. The number of nitrogens with one attached hydrogen (secondary N) is 2. The molecule has 0 bridgehead atoms. The van der Waals surface area contributed by atoms with Gasteiger partial charge in [0.2, 0.25) is 10.0 Å². The maximum Gasteiger partial charge on any atom is 0.214 e. The van der Waals surface area contributed by atoms with Gasteiger partial charge in [0.25, 0.3) is 0 Å². The van der Waals surface area contributed by atoms with Crippen molar-refractivity contribution in [3.8, 4) is 0 Å². The number of guanidine groups is 1. The third-order valence-corrected chi connectivity index (χ3v) is 5.48. The molecule has 2 rings (SSSR count). The molecule has 0 aromatic carbocycles. The first-order valence-electron chi connectivity index (χ1n) is 7.50. The summed E-state index contributed by atoms with van der Waals surface area (Å²) in [5.41, 5.74) is 1.01. The lowest BCUT2D eigenvalue weighted by Crippen LogP contribution is -2.42. The van der Waals surface area contributed by atoms with Crippen molar-refractivity contribution in [2.45, 2.75) is 19.9 Å². The molecule has 22 heavy (non-hydrogen) atoms. The van der Waals surface area contributed by atoms with E-state index in [4.69, 9.17) is 0 Å². The molecule has 0 amide bonds. The van der Waals surface area contributed by atoms with Gasteiger partial charge in [-0.1, -0.05) is 0 Å². The summed E-state index contributed by atoms with van der Waals surface area (Å²) in [7, 11) is -1.15. The molecule has 8 nitrogen and oxygen atoms in total. The Labute approximate surface area is 131 Å². The second kappa shape index (κ2) is 7.59. The van der Waals surface area contributed by atoms with Gasteiger partial charge in [0.05, 0.1) is 18.0 Å². The van der Waals surface area contributed by atoms with Crippen LogP contribution in [0.1, 0.15) is 19.0 Å². The maximum atomic E-state index is 11.7. The molecule has 124 valence electrons. The Balaban J connectivity index is 1.85. The van der Waals surface area contributed by atoms with Gasteiger partial charge in [-0.3, -0.25) is 4.68 Å². The summed E-state index contributed by atoms with van der Waals surface area (Å²) < 4.78 is 26.8. The molecule has 0 saturated carbocycles. The van der Waals surface area contributed by atoms with Gasteiger partial charge in [0.15, 0.2) is 5.96 Å². The molecule has 2 heterocycles. The third-order valence-electron chi connectivity index (χ3n) is 3.52. The molecule has 0 radical (unpaired) electrons. The molecular formula is C13H24N6O2S. The fourth-order valence-electron chi connectivity index (χ4n) is 2.30. The van der Waals surface area contributed by atoms with E-state index < -0.39 is 10.0 Å². The molecule has 0 spiro atoms. The van der Waals surface area contributed by atoms with E-state index in [1.807, 2.05) is 20.0 Å². The first-order chi connectivity index (χ1) is 10.5. The van der Waals surface area contributed by atoms with E-state index in [9.17, 15) is 8.42 Å². The first kappa shape index (κ1) is 16.8. The molecule has 2 N–H and O–H groups in total. The lowest BCUT2D eigenvalue weighted by atomic mass is 10.4. The van der Waals surface area contributed by atoms with Crippen molar-refractivity contribution in [3.05, 3.63) is 18.0 Å². The van der Waals surface area contributed by atoms with E-state index in [1.54, 1.807) is 10.9 Å². The predicted octanol–water partition coefficient (Wildman–Crippen LogP) is -0.489. The molecule has 0 aliphatic carbocycles. The average Bonchev–Trinajstić information content (AvgIpc) is 3.02. The van der Waals surface area contributed by atoms with E-state index in [-0.39, 0.29) is 5.75 Å². The van der Waals surface area contributed by atoms with Gasteiger partial charge in [-0.25, -0.2) is 17.7 Å². The highest BCUT2D eigenvalue weighted by Gasteiger charge is 2.27. The quantitative estimate of drug-likeness (QED) is 0.543. The number of nitrogens with zero attached hydrogens (tertiary/aromatic N) is 4. The monoisotopic (exact) mass is 328 g/mol. The van der Waals surface area contributed by atoms with Crippen molar-refractivity contribution in [2.24, 2.45) is 12.0 Å². The van der Waals surface area contributed by atoms with Gasteiger partial charge in [0, 0.05) is 39.4 Å².